The first-order chi connectivity index (χ1) is 20.8. The van der Waals surface area contributed by atoms with Gasteiger partial charge in [0.1, 0.15) is 0 Å². The van der Waals surface area contributed by atoms with Gasteiger partial charge in [0.15, 0.2) is 0 Å². The molecule has 0 aliphatic heterocycles. The Balaban J connectivity index is 1.41. The zero-order valence-electron chi connectivity index (χ0n) is 22.6. The van der Waals surface area contributed by atoms with Gasteiger partial charge in [0.2, 0.25) is 0 Å². The van der Waals surface area contributed by atoms with Crippen molar-refractivity contribution < 1.29 is 0 Å². The highest BCUT2D eigenvalue weighted by atomic mass is 32.1. The lowest BCUT2D eigenvalue weighted by molar-refractivity contribution is 1.19. The average molecular weight is 550 g/mol. The van der Waals surface area contributed by atoms with Crippen molar-refractivity contribution >= 4 is 96.4 Å². The van der Waals surface area contributed by atoms with Crippen LogP contribution in [0.4, 0.5) is 0 Å². The molecule has 0 bridgehead atoms. The zero-order chi connectivity index (χ0) is 27.4. The van der Waals surface area contributed by atoms with Crippen molar-refractivity contribution in [3.8, 4) is 5.69 Å². The first-order valence-electron chi connectivity index (χ1n) is 14.4. The third kappa shape index (κ3) is 2.92. The summed E-state index contributed by atoms with van der Waals surface area (Å²) in [5, 5.41) is 15.7. The molecule has 0 amide bonds. The molecule has 0 saturated heterocycles. The molecule has 194 valence electrons. The molecule has 2 heteroatoms. The van der Waals surface area contributed by atoms with E-state index in [1.54, 1.807) is 0 Å². The molecule has 0 N–H and O–H groups in total. The second-order valence-electron chi connectivity index (χ2n) is 11.3. The molecule has 0 spiro atoms. The highest BCUT2D eigenvalue weighted by Crippen LogP contribution is 2.45. The minimum atomic E-state index is 1.20. The fourth-order valence-electron chi connectivity index (χ4n) is 7.30. The van der Waals surface area contributed by atoms with Crippen molar-refractivity contribution in [3.05, 3.63) is 140 Å². The Labute approximate surface area is 245 Å². The molecular weight excluding hydrogens is 527 g/mol. The van der Waals surface area contributed by atoms with Gasteiger partial charge >= 0.3 is 0 Å². The molecule has 0 aliphatic rings. The van der Waals surface area contributed by atoms with E-state index >= 15 is 0 Å². The van der Waals surface area contributed by atoms with Crippen LogP contribution in [0.3, 0.4) is 0 Å². The van der Waals surface area contributed by atoms with E-state index in [1.807, 2.05) is 11.3 Å². The molecule has 0 fully saturated rings. The van der Waals surface area contributed by atoms with E-state index in [0.717, 1.165) is 0 Å². The van der Waals surface area contributed by atoms with Crippen molar-refractivity contribution in [1.82, 2.24) is 4.57 Å². The lowest BCUT2D eigenvalue weighted by atomic mass is 9.93. The predicted molar refractivity (Wildman–Crippen MR) is 184 cm³/mol. The Kier molecular flexibility index (Phi) is 4.39. The van der Waals surface area contributed by atoms with Gasteiger partial charge in [-0.2, -0.15) is 0 Å². The molecule has 10 rings (SSSR count). The standard InChI is InChI=1S/C40H23NS/c1-2-11-26-22-37-33(21-25(26)10-1)34-23-27(18-20-36(34)42-37)41-35-16-8-7-15-31(35)39-30-14-6-5-13-29(30)38-28-12-4-3-9-24(28)17-19-32(38)40(39)41/h1-23H. The van der Waals surface area contributed by atoms with Crippen LogP contribution >= 0.6 is 11.3 Å². The summed E-state index contributed by atoms with van der Waals surface area (Å²) < 4.78 is 5.18. The van der Waals surface area contributed by atoms with Gasteiger partial charge in [0.25, 0.3) is 0 Å². The molecule has 1 nitrogen and oxygen atoms in total. The second-order valence-corrected chi connectivity index (χ2v) is 12.4. The first kappa shape index (κ1) is 22.5. The van der Waals surface area contributed by atoms with Gasteiger partial charge < -0.3 is 4.57 Å². The fourth-order valence-corrected chi connectivity index (χ4v) is 8.42. The normalized spacial score (nSPS) is 12.3. The van der Waals surface area contributed by atoms with Gasteiger partial charge in [-0.05, 0) is 74.1 Å². The zero-order valence-corrected chi connectivity index (χ0v) is 23.5. The number of hydrogen-bond donors (Lipinski definition) is 0. The van der Waals surface area contributed by atoms with Crippen LogP contribution in [0.1, 0.15) is 0 Å². The van der Waals surface area contributed by atoms with Crippen LogP contribution in [0, 0.1) is 0 Å². The Morgan fingerprint density at radius 2 is 1.02 bits per heavy atom. The maximum Gasteiger partial charge on any atom is 0.0626 e. The SMILES string of the molecule is c1ccc2cc3c(cc2c1)sc1ccc(-n2c4ccccc4c4c5ccccc5c5c6ccccc6ccc5c42)cc13. The number of thiophene rings is 1. The molecule has 8 aromatic carbocycles. The van der Waals surface area contributed by atoms with Crippen LogP contribution in [-0.2, 0) is 0 Å². The summed E-state index contributed by atoms with van der Waals surface area (Å²) in [5.74, 6) is 0. The lowest BCUT2D eigenvalue weighted by Gasteiger charge is -2.14. The summed E-state index contributed by atoms with van der Waals surface area (Å²) in [6, 6.07) is 51.7. The maximum absolute atomic E-state index is 2.51. The van der Waals surface area contributed by atoms with Crippen molar-refractivity contribution in [2.24, 2.45) is 0 Å². The van der Waals surface area contributed by atoms with Crippen LogP contribution in [-0.4, -0.2) is 4.57 Å². The summed E-state index contributed by atoms with van der Waals surface area (Å²) in [7, 11) is 0. The molecule has 0 atom stereocenters. The van der Waals surface area contributed by atoms with E-state index in [-0.39, 0.29) is 0 Å². The number of para-hydroxylation sites is 1. The van der Waals surface area contributed by atoms with E-state index in [0.29, 0.717) is 0 Å². The molecule has 0 unspecified atom stereocenters. The van der Waals surface area contributed by atoms with Crippen molar-refractivity contribution in [3.63, 3.8) is 0 Å². The molecule has 0 saturated carbocycles. The summed E-state index contributed by atoms with van der Waals surface area (Å²) in [4.78, 5) is 0. The van der Waals surface area contributed by atoms with Crippen LogP contribution in [0.2, 0.25) is 0 Å². The number of benzene rings is 8. The average Bonchev–Trinajstić information content (AvgIpc) is 3.58. The van der Waals surface area contributed by atoms with Gasteiger partial charge in [0, 0.05) is 42.0 Å². The van der Waals surface area contributed by atoms with Crippen molar-refractivity contribution in [1.29, 1.82) is 0 Å². The Morgan fingerprint density at radius 1 is 0.381 bits per heavy atom. The largest absolute Gasteiger partial charge is 0.309 e. The maximum atomic E-state index is 2.51. The van der Waals surface area contributed by atoms with Gasteiger partial charge in [-0.15, -0.1) is 11.3 Å². The Bertz CT molecular complexity index is 2740. The van der Waals surface area contributed by atoms with Crippen LogP contribution in [0.25, 0.3) is 90.8 Å². The minimum absolute atomic E-state index is 1.20. The molecule has 2 heterocycles. The minimum Gasteiger partial charge on any atom is -0.309 e. The van der Waals surface area contributed by atoms with E-state index in [1.165, 1.54) is 90.8 Å². The van der Waals surface area contributed by atoms with E-state index in [4.69, 9.17) is 0 Å². The van der Waals surface area contributed by atoms with Crippen LogP contribution in [0.15, 0.2) is 140 Å². The molecule has 42 heavy (non-hydrogen) atoms. The second kappa shape index (κ2) is 8.19. The summed E-state index contributed by atoms with van der Waals surface area (Å²) in [6.07, 6.45) is 0. The molecule has 10 aromatic rings. The van der Waals surface area contributed by atoms with E-state index in [2.05, 4.69) is 144 Å². The summed E-state index contributed by atoms with van der Waals surface area (Å²) in [6.45, 7) is 0. The molecular formula is C40H23NS. The van der Waals surface area contributed by atoms with Gasteiger partial charge in [0.05, 0.1) is 11.0 Å². The molecule has 0 aliphatic carbocycles. The number of fused-ring (bicyclic) bond motifs is 14. The lowest BCUT2D eigenvalue weighted by Crippen LogP contribution is -1.95. The molecule has 0 radical (unpaired) electrons. The predicted octanol–water partition coefficient (Wildman–Crippen LogP) is 11.8. The monoisotopic (exact) mass is 549 g/mol. The van der Waals surface area contributed by atoms with Gasteiger partial charge in [-0.25, -0.2) is 0 Å². The van der Waals surface area contributed by atoms with Gasteiger partial charge in [-0.3, -0.25) is 0 Å². The number of rotatable bonds is 1. The van der Waals surface area contributed by atoms with Crippen LogP contribution < -0.4 is 0 Å². The quantitative estimate of drug-likeness (QED) is 0.179. The number of nitrogens with zero attached hydrogens (tertiary/aromatic N) is 1. The highest BCUT2D eigenvalue weighted by molar-refractivity contribution is 7.25. The topological polar surface area (TPSA) is 4.93 Å². The summed E-state index contributed by atoms with van der Waals surface area (Å²) >= 11 is 1.89. The van der Waals surface area contributed by atoms with E-state index in [9.17, 15) is 0 Å². The smallest absolute Gasteiger partial charge is 0.0626 e. The van der Waals surface area contributed by atoms with Crippen molar-refractivity contribution in [2.75, 3.05) is 0 Å². The van der Waals surface area contributed by atoms with E-state index < -0.39 is 0 Å². The Morgan fingerprint density at radius 3 is 1.86 bits per heavy atom. The Hall–Kier alpha value is -5.18. The third-order valence-electron chi connectivity index (χ3n) is 9.10. The first-order valence-corrected chi connectivity index (χ1v) is 15.3. The third-order valence-corrected chi connectivity index (χ3v) is 10.2. The van der Waals surface area contributed by atoms with Crippen molar-refractivity contribution in [2.45, 2.75) is 0 Å². The van der Waals surface area contributed by atoms with Gasteiger partial charge in [-0.1, -0.05) is 103 Å². The van der Waals surface area contributed by atoms with Crippen LogP contribution in [0.5, 0.6) is 0 Å². The number of aromatic nitrogens is 1. The highest BCUT2D eigenvalue weighted by Gasteiger charge is 2.20. The molecule has 2 aromatic heterocycles. The fraction of sp³-hybridized carbons (Fsp3) is 0. The summed E-state index contributed by atoms with van der Waals surface area (Å²) in [5.41, 5.74) is 3.72. The number of hydrogen-bond acceptors (Lipinski definition) is 1.